The summed E-state index contributed by atoms with van der Waals surface area (Å²) in [5, 5.41) is 18.8. The summed E-state index contributed by atoms with van der Waals surface area (Å²) in [6.07, 6.45) is 3.33. The Balaban J connectivity index is 1.74. The predicted octanol–water partition coefficient (Wildman–Crippen LogP) is 3.47. The summed E-state index contributed by atoms with van der Waals surface area (Å²) in [7, 11) is 0. The van der Waals surface area contributed by atoms with Crippen LogP contribution in [0, 0.1) is 0 Å². The van der Waals surface area contributed by atoms with Gasteiger partial charge in [-0.25, -0.2) is 14.6 Å². The van der Waals surface area contributed by atoms with Crippen molar-refractivity contribution in [2.45, 2.75) is 36.5 Å². The maximum Gasteiger partial charge on any atom is 0.220 e. The fourth-order valence-electron chi connectivity index (χ4n) is 2.47. The van der Waals surface area contributed by atoms with Gasteiger partial charge in [0, 0.05) is 4.47 Å². The number of aromatic nitrogens is 8. The largest absolute Gasteiger partial charge is 0.242 e. The molecule has 3 aromatic heterocycles. The Morgan fingerprint density at radius 3 is 2.58 bits per heavy atom. The molecule has 0 amide bonds. The lowest BCUT2D eigenvalue weighted by molar-refractivity contribution is 0.366. The minimum Gasteiger partial charge on any atom is -0.242 e. The molecule has 0 N–H and O–H groups in total. The van der Waals surface area contributed by atoms with Crippen molar-refractivity contribution in [1.82, 2.24) is 40.0 Å². The Kier molecular flexibility index (Phi) is 4.23. The van der Waals surface area contributed by atoms with Gasteiger partial charge >= 0.3 is 0 Å². The molecule has 0 radical (unpaired) electrons. The lowest BCUT2D eigenvalue weighted by Gasteiger charge is -2.19. The van der Waals surface area contributed by atoms with Gasteiger partial charge in [0.1, 0.15) is 11.4 Å². The average molecular weight is 431 g/mol. The van der Waals surface area contributed by atoms with Gasteiger partial charge in [-0.3, -0.25) is 0 Å². The third-order valence-corrected chi connectivity index (χ3v) is 5.15. The highest BCUT2D eigenvalue weighted by molar-refractivity contribution is 9.10. The van der Waals surface area contributed by atoms with Crippen LogP contribution in [0.5, 0.6) is 0 Å². The van der Waals surface area contributed by atoms with E-state index in [-0.39, 0.29) is 5.54 Å². The van der Waals surface area contributed by atoms with Crippen molar-refractivity contribution in [2.75, 3.05) is 0 Å². The topological polar surface area (TPSA) is 87.2 Å². The van der Waals surface area contributed by atoms with Gasteiger partial charge in [0.25, 0.3) is 0 Å². The zero-order chi connectivity index (χ0) is 18.3. The summed E-state index contributed by atoms with van der Waals surface area (Å²) >= 11 is 4.82. The smallest absolute Gasteiger partial charge is 0.220 e. The Morgan fingerprint density at radius 2 is 1.85 bits per heavy atom. The highest BCUT2D eigenvalue weighted by atomic mass is 79.9. The molecule has 26 heavy (non-hydrogen) atoms. The molecule has 4 rings (SSSR count). The van der Waals surface area contributed by atoms with E-state index in [1.54, 1.807) is 17.2 Å². The molecule has 0 saturated carbocycles. The van der Waals surface area contributed by atoms with Gasteiger partial charge < -0.3 is 0 Å². The lowest BCUT2D eigenvalue weighted by Crippen LogP contribution is -2.23. The minimum atomic E-state index is -0.170. The van der Waals surface area contributed by atoms with E-state index in [0.717, 1.165) is 26.2 Å². The van der Waals surface area contributed by atoms with Crippen LogP contribution in [-0.4, -0.2) is 40.0 Å². The third kappa shape index (κ3) is 3.10. The molecule has 0 unspecified atom stereocenters. The van der Waals surface area contributed by atoms with E-state index in [2.05, 4.69) is 67.3 Å². The van der Waals surface area contributed by atoms with Gasteiger partial charge in [-0.1, -0.05) is 15.9 Å². The number of tetrazole rings is 1. The third-order valence-electron chi connectivity index (χ3n) is 3.66. The van der Waals surface area contributed by atoms with Crippen molar-refractivity contribution >= 4 is 38.7 Å². The van der Waals surface area contributed by atoms with Crippen LogP contribution in [0.3, 0.4) is 0 Å². The number of halogens is 1. The van der Waals surface area contributed by atoms with Gasteiger partial charge in [-0.15, -0.1) is 5.10 Å². The van der Waals surface area contributed by atoms with Crippen molar-refractivity contribution in [1.29, 1.82) is 0 Å². The summed E-state index contributed by atoms with van der Waals surface area (Å²) in [5.74, 6) is 0. The first-order valence-electron chi connectivity index (χ1n) is 7.85. The molecule has 10 heteroatoms. The van der Waals surface area contributed by atoms with Gasteiger partial charge in [0.05, 0.1) is 22.8 Å². The molecule has 3 heterocycles. The first-order chi connectivity index (χ1) is 12.4. The Bertz CT molecular complexity index is 1060. The van der Waals surface area contributed by atoms with Gasteiger partial charge in [0.15, 0.2) is 5.65 Å². The highest BCUT2D eigenvalue weighted by Gasteiger charge is 2.21. The van der Waals surface area contributed by atoms with Crippen LogP contribution in [0.15, 0.2) is 51.4 Å². The Hall–Kier alpha value is -2.33. The van der Waals surface area contributed by atoms with Crippen LogP contribution in [0.2, 0.25) is 0 Å². The van der Waals surface area contributed by atoms with Crippen molar-refractivity contribution < 1.29 is 0 Å². The molecule has 0 aliphatic carbocycles. The van der Waals surface area contributed by atoms with Gasteiger partial charge in [-0.2, -0.15) is 9.78 Å². The van der Waals surface area contributed by atoms with E-state index >= 15 is 0 Å². The van der Waals surface area contributed by atoms with E-state index in [9.17, 15) is 0 Å². The van der Waals surface area contributed by atoms with Gasteiger partial charge in [0.2, 0.25) is 5.16 Å². The zero-order valence-corrected chi connectivity index (χ0v) is 16.7. The highest BCUT2D eigenvalue weighted by Crippen LogP contribution is 2.31. The molecule has 0 atom stereocenters. The molecule has 0 fully saturated rings. The quantitative estimate of drug-likeness (QED) is 0.459. The van der Waals surface area contributed by atoms with E-state index in [1.165, 1.54) is 11.8 Å². The summed E-state index contributed by atoms with van der Waals surface area (Å²) in [6, 6.07) is 7.78. The van der Waals surface area contributed by atoms with E-state index in [1.807, 2.05) is 28.9 Å². The first kappa shape index (κ1) is 17.1. The molecule has 0 saturated heterocycles. The second-order valence-electron chi connectivity index (χ2n) is 6.60. The van der Waals surface area contributed by atoms with E-state index in [0.29, 0.717) is 5.16 Å². The van der Waals surface area contributed by atoms with E-state index in [4.69, 9.17) is 0 Å². The molecule has 1 aromatic carbocycles. The molecule has 0 spiro atoms. The van der Waals surface area contributed by atoms with Crippen LogP contribution in [0.1, 0.15) is 20.8 Å². The van der Waals surface area contributed by atoms with Crippen molar-refractivity contribution in [3.8, 4) is 5.69 Å². The van der Waals surface area contributed by atoms with Gasteiger partial charge in [-0.05, 0) is 67.2 Å². The second-order valence-corrected chi connectivity index (χ2v) is 8.47. The van der Waals surface area contributed by atoms with Crippen molar-refractivity contribution in [2.24, 2.45) is 0 Å². The maximum absolute atomic E-state index is 4.48. The molecule has 8 nitrogen and oxygen atoms in total. The standard InChI is InChI=1S/C16H15BrN8S/c1-16(2,3)25-13-12(8-20-25)14(19-9-18-13)26-15-21-22-23-24(15)11-6-4-10(17)5-7-11/h4-9H,1-3H3. The summed E-state index contributed by atoms with van der Waals surface area (Å²) in [5.41, 5.74) is 1.49. The number of benzene rings is 1. The number of hydrogen-bond acceptors (Lipinski definition) is 7. The lowest BCUT2D eigenvalue weighted by atomic mass is 10.1. The second kappa shape index (κ2) is 6.44. The molecule has 132 valence electrons. The first-order valence-corrected chi connectivity index (χ1v) is 9.46. The summed E-state index contributed by atoms with van der Waals surface area (Å²) in [4.78, 5) is 8.81. The molecule has 0 aliphatic heterocycles. The molecule has 0 bridgehead atoms. The summed E-state index contributed by atoms with van der Waals surface area (Å²) in [6.45, 7) is 6.26. The summed E-state index contributed by atoms with van der Waals surface area (Å²) < 4.78 is 4.57. The van der Waals surface area contributed by atoms with Crippen LogP contribution in [0.25, 0.3) is 16.7 Å². The van der Waals surface area contributed by atoms with Crippen LogP contribution in [0.4, 0.5) is 0 Å². The maximum atomic E-state index is 4.48. The average Bonchev–Trinajstić information content (AvgIpc) is 3.22. The number of fused-ring (bicyclic) bond motifs is 1. The number of rotatable bonds is 3. The number of hydrogen-bond donors (Lipinski definition) is 0. The monoisotopic (exact) mass is 430 g/mol. The molecular weight excluding hydrogens is 416 g/mol. The Morgan fingerprint density at radius 1 is 1.08 bits per heavy atom. The zero-order valence-electron chi connectivity index (χ0n) is 14.3. The van der Waals surface area contributed by atoms with Crippen LogP contribution < -0.4 is 0 Å². The van der Waals surface area contributed by atoms with Crippen LogP contribution >= 0.6 is 27.7 Å². The molecular formula is C16H15BrN8S. The fourth-order valence-corrected chi connectivity index (χ4v) is 3.57. The van der Waals surface area contributed by atoms with Crippen LogP contribution in [-0.2, 0) is 5.54 Å². The SMILES string of the molecule is CC(C)(C)n1ncc2c(Sc3nnnn3-c3ccc(Br)cc3)ncnc21. The predicted molar refractivity (Wildman–Crippen MR) is 101 cm³/mol. The van der Waals surface area contributed by atoms with Crippen molar-refractivity contribution in [3.05, 3.63) is 41.3 Å². The minimum absolute atomic E-state index is 0.170. The molecule has 0 aliphatic rings. The van der Waals surface area contributed by atoms with Crippen molar-refractivity contribution in [3.63, 3.8) is 0 Å². The number of nitrogens with zero attached hydrogens (tertiary/aromatic N) is 8. The fraction of sp³-hybridized carbons (Fsp3) is 0.250. The Labute approximate surface area is 162 Å². The normalized spacial score (nSPS) is 12.0. The van der Waals surface area contributed by atoms with E-state index < -0.39 is 0 Å². The molecule has 4 aromatic rings.